The molecule has 1 amide bonds. The third-order valence-electron chi connectivity index (χ3n) is 4.23. The lowest BCUT2D eigenvalue weighted by molar-refractivity contribution is -0.123. The minimum Gasteiger partial charge on any atom is -0.343 e. The van der Waals surface area contributed by atoms with E-state index < -0.39 is 0 Å². The summed E-state index contributed by atoms with van der Waals surface area (Å²) >= 11 is 1.68. The van der Waals surface area contributed by atoms with Crippen molar-refractivity contribution >= 4 is 17.2 Å². The Kier molecular flexibility index (Phi) is 5.43. The Bertz CT molecular complexity index is 606. The van der Waals surface area contributed by atoms with Crippen LogP contribution in [0.4, 0.5) is 0 Å². The van der Waals surface area contributed by atoms with E-state index in [4.69, 9.17) is 0 Å². The first-order valence-corrected chi connectivity index (χ1v) is 8.89. The molecule has 1 aliphatic rings. The fraction of sp³-hybridized carbons (Fsp3) is 0.389. The molecule has 0 radical (unpaired) electrons. The van der Waals surface area contributed by atoms with E-state index in [0.29, 0.717) is 6.54 Å². The van der Waals surface area contributed by atoms with Crippen molar-refractivity contribution in [3.8, 4) is 0 Å². The summed E-state index contributed by atoms with van der Waals surface area (Å²) in [6.45, 7) is 4.45. The molecule has 23 heavy (non-hydrogen) atoms. The molecule has 1 fully saturated rings. The van der Waals surface area contributed by atoms with Crippen LogP contribution >= 0.6 is 11.3 Å². The maximum absolute atomic E-state index is 12.5. The number of nitrogens with one attached hydrogen (secondary N) is 1. The summed E-state index contributed by atoms with van der Waals surface area (Å²) < 4.78 is 0. The number of likely N-dealkylation sites (N-methyl/N-ethyl adjacent to an activating group) is 1. The van der Waals surface area contributed by atoms with Gasteiger partial charge in [-0.05, 0) is 24.1 Å². The number of hydrogen-bond acceptors (Lipinski definition) is 4. The van der Waals surface area contributed by atoms with Crippen molar-refractivity contribution in [3.63, 3.8) is 0 Å². The number of piperazine rings is 1. The van der Waals surface area contributed by atoms with Gasteiger partial charge in [0.2, 0.25) is 5.91 Å². The molecule has 122 valence electrons. The Hall–Kier alpha value is -1.69. The highest BCUT2D eigenvalue weighted by molar-refractivity contribution is 7.10. The molecule has 1 saturated heterocycles. The van der Waals surface area contributed by atoms with Crippen molar-refractivity contribution in [3.05, 3.63) is 58.3 Å². The van der Waals surface area contributed by atoms with Crippen LogP contribution in [-0.2, 0) is 4.79 Å². The Morgan fingerprint density at radius 2 is 1.87 bits per heavy atom. The van der Waals surface area contributed by atoms with Crippen molar-refractivity contribution in [1.29, 1.82) is 0 Å². The van der Waals surface area contributed by atoms with Crippen LogP contribution in [0.3, 0.4) is 0 Å². The Labute approximate surface area is 141 Å². The van der Waals surface area contributed by atoms with E-state index in [1.165, 1.54) is 4.88 Å². The van der Waals surface area contributed by atoms with E-state index in [1.54, 1.807) is 11.3 Å². The molecule has 0 saturated carbocycles. The van der Waals surface area contributed by atoms with E-state index in [-0.39, 0.29) is 11.9 Å². The van der Waals surface area contributed by atoms with Gasteiger partial charge in [-0.2, -0.15) is 0 Å². The zero-order valence-corrected chi connectivity index (χ0v) is 14.3. The van der Waals surface area contributed by atoms with Crippen molar-refractivity contribution < 1.29 is 4.79 Å². The molecular formula is C18H23N3OS. The van der Waals surface area contributed by atoms with Gasteiger partial charge in [-0.15, -0.1) is 11.3 Å². The SMILES string of the molecule is CN1CCN(CC(=O)N[C@H](c2ccccc2)c2cccs2)CC1. The summed E-state index contributed by atoms with van der Waals surface area (Å²) in [7, 11) is 2.12. The molecular weight excluding hydrogens is 306 g/mol. The molecule has 0 aliphatic carbocycles. The van der Waals surface area contributed by atoms with Gasteiger partial charge < -0.3 is 10.2 Å². The largest absolute Gasteiger partial charge is 0.343 e. The van der Waals surface area contributed by atoms with Gasteiger partial charge in [-0.25, -0.2) is 0 Å². The highest BCUT2D eigenvalue weighted by Gasteiger charge is 2.21. The van der Waals surface area contributed by atoms with Crippen molar-refractivity contribution in [2.45, 2.75) is 6.04 Å². The van der Waals surface area contributed by atoms with Gasteiger partial charge in [0, 0.05) is 31.1 Å². The highest BCUT2D eigenvalue weighted by Crippen LogP contribution is 2.25. The maximum Gasteiger partial charge on any atom is 0.234 e. The predicted octanol–water partition coefficient (Wildman–Crippen LogP) is 2.20. The van der Waals surface area contributed by atoms with E-state index >= 15 is 0 Å². The van der Waals surface area contributed by atoms with Gasteiger partial charge in [-0.3, -0.25) is 9.69 Å². The Morgan fingerprint density at radius 1 is 1.13 bits per heavy atom. The van der Waals surface area contributed by atoms with Gasteiger partial charge in [0.25, 0.3) is 0 Å². The van der Waals surface area contributed by atoms with Crippen LogP contribution in [0.2, 0.25) is 0 Å². The molecule has 1 atom stereocenters. The quantitative estimate of drug-likeness (QED) is 0.913. The molecule has 5 heteroatoms. The second kappa shape index (κ2) is 7.73. The zero-order chi connectivity index (χ0) is 16.1. The summed E-state index contributed by atoms with van der Waals surface area (Å²) in [5.41, 5.74) is 1.13. The van der Waals surface area contributed by atoms with Gasteiger partial charge >= 0.3 is 0 Å². The monoisotopic (exact) mass is 329 g/mol. The van der Waals surface area contributed by atoms with E-state index in [1.807, 2.05) is 24.3 Å². The van der Waals surface area contributed by atoms with Crippen LogP contribution in [0.15, 0.2) is 47.8 Å². The summed E-state index contributed by atoms with van der Waals surface area (Å²) in [5.74, 6) is 0.0943. The summed E-state index contributed by atoms with van der Waals surface area (Å²) in [6, 6.07) is 14.2. The second-order valence-electron chi connectivity index (χ2n) is 6.01. The average Bonchev–Trinajstić information content (AvgIpc) is 3.10. The van der Waals surface area contributed by atoms with E-state index in [9.17, 15) is 4.79 Å². The van der Waals surface area contributed by atoms with E-state index in [0.717, 1.165) is 31.7 Å². The third-order valence-corrected chi connectivity index (χ3v) is 5.17. The number of amides is 1. The molecule has 4 nitrogen and oxygen atoms in total. The van der Waals surface area contributed by atoms with E-state index in [2.05, 4.69) is 45.7 Å². The van der Waals surface area contributed by atoms with Crippen LogP contribution in [0.5, 0.6) is 0 Å². The van der Waals surface area contributed by atoms with Crippen LogP contribution < -0.4 is 5.32 Å². The Balaban J connectivity index is 1.65. The normalized spacial score (nSPS) is 17.8. The lowest BCUT2D eigenvalue weighted by atomic mass is 10.1. The fourth-order valence-corrected chi connectivity index (χ4v) is 3.64. The molecule has 2 heterocycles. The minimum absolute atomic E-state index is 0.0591. The number of rotatable bonds is 5. The van der Waals surface area contributed by atoms with Crippen molar-refractivity contribution in [2.24, 2.45) is 0 Å². The first kappa shape index (κ1) is 16.2. The number of carbonyl (C=O) groups is 1. The number of hydrogen-bond donors (Lipinski definition) is 1. The van der Waals surface area contributed by atoms with Gasteiger partial charge in [0.05, 0.1) is 12.6 Å². The van der Waals surface area contributed by atoms with Crippen LogP contribution in [0.1, 0.15) is 16.5 Å². The Morgan fingerprint density at radius 3 is 2.52 bits per heavy atom. The molecule has 1 aromatic heterocycles. The van der Waals surface area contributed by atoms with Crippen molar-refractivity contribution in [1.82, 2.24) is 15.1 Å². The maximum atomic E-state index is 12.5. The minimum atomic E-state index is -0.0591. The lowest BCUT2D eigenvalue weighted by Crippen LogP contribution is -2.48. The predicted molar refractivity (Wildman–Crippen MR) is 94.7 cm³/mol. The van der Waals surface area contributed by atoms with Crippen LogP contribution in [-0.4, -0.2) is 55.5 Å². The standard InChI is InChI=1S/C18H23N3OS/c1-20-9-11-21(12-10-20)14-17(22)19-18(16-8-5-13-23-16)15-6-3-2-4-7-15/h2-8,13,18H,9-12,14H2,1H3,(H,19,22)/t18-/m1/s1. The molecule has 1 aromatic carbocycles. The first-order chi connectivity index (χ1) is 11.2. The van der Waals surface area contributed by atoms with Gasteiger partial charge in [0.15, 0.2) is 0 Å². The third kappa shape index (κ3) is 4.41. The summed E-state index contributed by atoms with van der Waals surface area (Å²) in [5, 5.41) is 5.26. The molecule has 0 unspecified atom stereocenters. The number of carbonyl (C=O) groups excluding carboxylic acids is 1. The van der Waals surface area contributed by atoms with Crippen molar-refractivity contribution in [2.75, 3.05) is 39.8 Å². The number of benzene rings is 1. The lowest BCUT2D eigenvalue weighted by Gasteiger charge is -2.32. The molecule has 0 spiro atoms. The zero-order valence-electron chi connectivity index (χ0n) is 13.4. The second-order valence-corrected chi connectivity index (χ2v) is 6.99. The highest BCUT2D eigenvalue weighted by atomic mass is 32.1. The molecule has 2 aromatic rings. The molecule has 0 bridgehead atoms. The van der Waals surface area contributed by atoms with Gasteiger partial charge in [0.1, 0.15) is 0 Å². The topological polar surface area (TPSA) is 35.6 Å². The van der Waals surface area contributed by atoms with Crippen LogP contribution in [0.25, 0.3) is 0 Å². The summed E-state index contributed by atoms with van der Waals surface area (Å²) in [4.78, 5) is 18.2. The average molecular weight is 329 g/mol. The first-order valence-electron chi connectivity index (χ1n) is 8.01. The van der Waals surface area contributed by atoms with Gasteiger partial charge in [-0.1, -0.05) is 36.4 Å². The fourth-order valence-electron chi connectivity index (χ4n) is 2.84. The molecule has 1 N–H and O–H groups in total. The molecule has 3 rings (SSSR count). The molecule has 1 aliphatic heterocycles. The smallest absolute Gasteiger partial charge is 0.234 e. The number of thiophene rings is 1. The summed E-state index contributed by atoms with van der Waals surface area (Å²) in [6.07, 6.45) is 0. The number of nitrogens with zero attached hydrogens (tertiary/aromatic N) is 2. The van der Waals surface area contributed by atoms with Crippen LogP contribution in [0, 0.1) is 0 Å².